The van der Waals surface area contributed by atoms with E-state index >= 15 is 0 Å². The highest BCUT2D eigenvalue weighted by molar-refractivity contribution is 7.99. The molecule has 3 heteroatoms. The molecule has 27 heavy (non-hydrogen) atoms. The molecular weight excluding hydrogens is 350 g/mol. The van der Waals surface area contributed by atoms with Gasteiger partial charge in [-0.25, -0.2) is 0 Å². The Hall–Kier alpha value is -1.48. The minimum absolute atomic E-state index is 0.00830. The summed E-state index contributed by atoms with van der Waals surface area (Å²) in [5, 5.41) is 0. The molecule has 0 N–H and O–H groups in total. The second-order valence-corrected chi connectivity index (χ2v) is 9.79. The van der Waals surface area contributed by atoms with Crippen molar-refractivity contribution in [2.24, 2.45) is 23.2 Å². The van der Waals surface area contributed by atoms with E-state index in [-0.39, 0.29) is 17.2 Å². The molecular formula is C24H33NOS. The van der Waals surface area contributed by atoms with Crippen LogP contribution in [0.1, 0.15) is 46.5 Å². The van der Waals surface area contributed by atoms with E-state index in [9.17, 15) is 4.79 Å². The van der Waals surface area contributed by atoms with Crippen LogP contribution in [-0.2, 0) is 4.79 Å². The van der Waals surface area contributed by atoms with Gasteiger partial charge in [-0.3, -0.25) is 4.79 Å². The lowest BCUT2D eigenvalue weighted by atomic mass is 9.61. The van der Waals surface area contributed by atoms with E-state index in [2.05, 4.69) is 51.6 Å². The van der Waals surface area contributed by atoms with Crippen LogP contribution < -0.4 is 4.90 Å². The van der Waals surface area contributed by atoms with Gasteiger partial charge >= 0.3 is 0 Å². The Morgan fingerprint density at radius 1 is 1.30 bits per heavy atom. The second kappa shape index (κ2) is 8.26. The first-order chi connectivity index (χ1) is 12.9. The van der Waals surface area contributed by atoms with Gasteiger partial charge < -0.3 is 4.90 Å². The van der Waals surface area contributed by atoms with E-state index in [0.29, 0.717) is 11.8 Å². The van der Waals surface area contributed by atoms with Gasteiger partial charge in [0.1, 0.15) is 0 Å². The van der Waals surface area contributed by atoms with E-state index in [1.165, 1.54) is 10.5 Å². The number of thioether (sulfide) groups is 1. The maximum atomic E-state index is 13.3. The second-order valence-electron chi connectivity index (χ2n) is 8.73. The fourth-order valence-electron chi connectivity index (χ4n) is 4.88. The molecule has 0 radical (unpaired) electrons. The van der Waals surface area contributed by atoms with E-state index < -0.39 is 0 Å². The van der Waals surface area contributed by atoms with E-state index in [1.54, 1.807) is 0 Å². The van der Waals surface area contributed by atoms with E-state index in [0.717, 1.165) is 37.1 Å². The molecule has 2 bridgehead atoms. The molecule has 1 amide bonds. The molecule has 0 aromatic heterocycles. The van der Waals surface area contributed by atoms with Crippen LogP contribution in [-0.4, -0.2) is 18.7 Å². The average molecular weight is 384 g/mol. The summed E-state index contributed by atoms with van der Waals surface area (Å²) >= 11 is 1.91. The smallest absolute Gasteiger partial charge is 0.230 e. The van der Waals surface area contributed by atoms with Crippen molar-refractivity contribution in [3.8, 4) is 0 Å². The standard InChI is InChI=1S/C24H33NOS/c1-6-9-18-13-15-20-17(2)12-14-19(24(20,3)4)16-27-22-11-8-7-10-21(22)25(5)23(18)26/h6-8,10-12,18-20H,1,9,13-16H2,2-5H3/t18?,19-,20-/m0/s1. The number of rotatable bonds is 2. The van der Waals surface area contributed by atoms with Gasteiger partial charge in [0, 0.05) is 23.6 Å². The van der Waals surface area contributed by atoms with Crippen LogP contribution in [0.2, 0.25) is 0 Å². The Morgan fingerprint density at radius 3 is 2.78 bits per heavy atom. The number of benzene rings is 1. The van der Waals surface area contributed by atoms with Gasteiger partial charge in [-0.05, 0) is 62.0 Å². The van der Waals surface area contributed by atoms with Crippen molar-refractivity contribution in [2.75, 3.05) is 17.7 Å². The molecule has 2 aliphatic rings. The molecule has 1 aromatic rings. The zero-order chi connectivity index (χ0) is 19.6. The number of carbonyl (C=O) groups excluding carboxylic acids is 1. The van der Waals surface area contributed by atoms with Crippen molar-refractivity contribution < 1.29 is 4.79 Å². The van der Waals surface area contributed by atoms with Crippen LogP contribution in [0.4, 0.5) is 5.69 Å². The number of hydrogen-bond donors (Lipinski definition) is 0. The summed E-state index contributed by atoms with van der Waals surface area (Å²) in [6, 6.07) is 8.35. The first kappa shape index (κ1) is 20.3. The summed E-state index contributed by atoms with van der Waals surface area (Å²) in [4.78, 5) is 16.4. The quantitative estimate of drug-likeness (QED) is 0.556. The maximum Gasteiger partial charge on any atom is 0.230 e. The Bertz CT molecular complexity index is 736. The summed E-state index contributed by atoms with van der Waals surface area (Å²) in [5.41, 5.74) is 2.81. The van der Waals surface area contributed by atoms with Gasteiger partial charge in [0.2, 0.25) is 5.91 Å². The lowest BCUT2D eigenvalue weighted by Gasteiger charge is -2.45. The van der Waals surface area contributed by atoms with Crippen molar-refractivity contribution in [2.45, 2.75) is 51.3 Å². The zero-order valence-corrected chi connectivity index (χ0v) is 18.0. The molecule has 2 nitrogen and oxygen atoms in total. The highest BCUT2D eigenvalue weighted by atomic mass is 32.2. The topological polar surface area (TPSA) is 20.3 Å². The van der Waals surface area contributed by atoms with Crippen molar-refractivity contribution in [3.05, 3.63) is 48.6 Å². The molecule has 3 rings (SSSR count). The fraction of sp³-hybridized carbons (Fsp3) is 0.542. The van der Waals surface area contributed by atoms with Crippen molar-refractivity contribution in [3.63, 3.8) is 0 Å². The molecule has 0 saturated heterocycles. The molecule has 1 aliphatic carbocycles. The Labute approximate surface area is 169 Å². The largest absolute Gasteiger partial charge is 0.314 e. The van der Waals surface area contributed by atoms with Gasteiger partial charge in [-0.15, -0.1) is 18.3 Å². The molecule has 1 heterocycles. The number of anilines is 1. The predicted molar refractivity (Wildman–Crippen MR) is 117 cm³/mol. The monoisotopic (exact) mass is 383 g/mol. The molecule has 3 atom stereocenters. The van der Waals surface area contributed by atoms with Crippen LogP contribution in [0, 0.1) is 23.2 Å². The van der Waals surface area contributed by atoms with Crippen LogP contribution in [0.25, 0.3) is 0 Å². The van der Waals surface area contributed by atoms with Crippen LogP contribution in [0.15, 0.2) is 53.5 Å². The fourth-order valence-corrected chi connectivity index (χ4v) is 6.35. The third kappa shape index (κ3) is 4.03. The Morgan fingerprint density at radius 2 is 2.04 bits per heavy atom. The van der Waals surface area contributed by atoms with Crippen molar-refractivity contribution in [1.82, 2.24) is 0 Å². The van der Waals surface area contributed by atoms with Crippen LogP contribution >= 0.6 is 11.8 Å². The van der Waals surface area contributed by atoms with E-state index in [4.69, 9.17) is 0 Å². The molecule has 1 aromatic carbocycles. The minimum Gasteiger partial charge on any atom is -0.314 e. The normalized spacial score (nSPS) is 28.4. The lowest BCUT2D eigenvalue weighted by molar-refractivity contribution is -0.122. The number of fused-ring (bicyclic) bond motifs is 3. The van der Waals surface area contributed by atoms with Crippen molar-refractivity contribution >= 4 is 23.4 Å². The summed E-state index contributed by atoms with van der Waals surface area (Å²) in [7, 11) is 1.93. The predicted octanol–water partition coefficient (Wildman–Crippen LogP) is 6.34. The highest BCUT2D eigenvalue weighted by Crippen LogP contribution is 2.50. The van der Waals surface area contributed by atoms with Crippen LogP contribution in [0.5, 0.6) is 0 Å². The molecule has 0 saturated carbocycles. The van der Waals surface area contributed by atoms with Gasteiger partial charge in [-0.1, -0.05) is 43.7 Å². The number of amides is 1. The number of carbonyl (C=O) groups is 1. The average Bonchev–Trinajstić information content (AvgIpc) is 2.64. The highest BCUT2D eigenvalue weighted by Gasteiger charge is 2.41. The summed E-state index contributed by atoms with van der Waals surface area (Å²) in [6.07, 6.45) is 8.27. The number of para-hydroxylation sites is 1. The number of nitrogens with zero attached hydrogens (tertiary/aromatic N) is 1. The Kier molecular flexibility index (Phi) is 6.20. The lowest BCUT2D eigenvalue weighted by Crippen LogP contribution is -2.39. The SMILES string of the molecule is C=CCC1CC[C@H]2C(C)=CC[C@@H](CSc3ccccc3N(C)C1=O)C2(C)C. The summed E-state index contributed by atoms with van der Waals surface area (Å²) in [5.74, 6) is 2.53. The number of allylic oxidation sites excluding steroid dienone is 3. The van der Waals surface area contributed by atoms with E-state index in [1.807, 2.05) is 35.9 Å². The summed E-state index contributed by atoms with van der Waals surface area (Å²) < 4.78 is 0. The molecule has 0 fully saturated rings. The minimum atomic E-state index is 0.00830. The van der Waals surface area contributed by atoms with Gasteiger partial charge in [0.05, 0.1) is 5.69 Å². The summed E-state index contributed by atoms with van der Waals surface area (Å²) in [6.45, 7) is 11.1. The van der Waals surface area contributed by atoms with Gasteiger partial charge in [0.15, 0.2) is 0 Å². The van der Waals surface area contributed by atoms with Crippen LogP contribution in [0.3, 0.4) is 0 Å². The molecule has 1 aliphatic heterocycles. The Balaban J connectivity index is 2.02. The molecule has 1 unspecified atom stereocenters. The first-order valence-corrected chi connectivity index (χ1v) is 11.1. The molecule has 0 spiro atoms. The van der Waals surface area contributed by atoms with Gasteiger partial charge in [-0.2, -0.15) is 0 Å². The van der Waals surface area contributed by atoms with Crippen molar-refractivity contribution in [1.29, 1.82) is 0 Å². The van der Waals surface area contributed by atoms with Gasteiger partial charge in [0.25, 0.3) is 0 Å². The maximum absolute atomic E-state index is 13.3. The molecule has 146 valence electrons. The first-order valence-electron chi connectivity index (χ1n) is 10.1. The zero-order valence-electron chi connectivity index (χ0n) is 17.2. The third-order valence-corrected chi connectivity index (χ3v) is 8.05. The third-order valence-electron chi connectivity index (χ3n) is 6.83. The number of hydrogen-bond acceptors (Lipinski definition) is 2.